The molecule has 1 aromatic carbocycles. The second-order valence-corrected chi connectivity index (χ2v) is 4.31. The number of ether oxygens (including phenoxy) is 1. The number of hydrogen-bond donors (Lipinski definition) is 1. The van der Waals surface area contributed by atoms with Crippen LogP contribution in [0.3, 0.4) is 0 Å². The molecule has 0 aliphatic heterocycles. The van der Waals surface area contributed by atoms with Gasteiger partial charge in [-0.1, -0.05) is 31.2 Å². The Hall–Kier alpha value is -1.39. The van der Waals surface area contributed by atoms with Crippen LogP contribution in [0.1, 0.15) is 24.1 Å². The van der Waals surface area contributed by atoms with E-state index in [0.29, 0.717) is 13.2 Å². The highest BCUT2D eigenvalue weighted by Gasteiger charge is 2.24. The van der Waals surface area contributed by atoms with Crippen LogP contribution in [0.15, 0.2) is 24.3 Å². The van der Waals surface area contributed by atoms with Crippen molar-refractivity contribution in [3.05, 3.63) is 35.4 Å². The predicted molar refractivity (Wildman–Crippen MR) is 70.7 cm³/mol. The average molecular weight is 251 g/mol. The Morgan fingerprint density at radius 3 is 2.78 bits per heavy atom. The third-order valence-corrected chi connectivity index (χ3v) is 3.00. The number of methoxy groups -OCH3 is 1. The monoisotopic (exact) mass is 251 g/mol. The van der Waals surface area contributed by atoms with Crippen molar-refractivity contribution in [1.82, 2.24) is 4.90 Å². The molecular formula is C14H21NO3. The van der Waals surface area contributed by atoms with Crippen LogP contribution in [-0.2, 0) is 16.0 Å². The molecule has 0 amide bonds. The van der Waals surface area contributed by atoms with Crippen molar-refractivity contribution in [2.75, 3.05) is 27.3 Å². The molecule has 0 bridgehead atoms. The average Bonchev–Trinajstić information content (AvgIpc) is 2.36. The van der Waals surface area contributed by atoms with Crippen molar-refractivity contribution in [3.8, 4) is 0 Å². The number of carbonyl (C=O) groups is 1. The van der Waals surface area contributed by atoms with Crippen LogP contribution in [0, 0.1) is 0 Å². The molecule has 4 nitrogen and oxygen atoms in total. The highest BCUT2D eigenvalue weighted by molar-refractivity contribution is 5.75. The zero-order valence-corrected chi connectivity index (χ0v) is 11.2. The number of nitrogens with zero attached hydrogens (tertiary/aromatic N) is 1. The second kappa shape index (κ2) is 7.13. The maximum atomic E-state index is 11.4. The zero-order chi connectivity index (χ0) is 13.5. The van der Waals surface area contributed by atoms with E-state index in [-0.39, 0.29) is 0 Å². The number of hydrogen-bond acceptors (Lipinski definition) is 3. The van der Waals surface area contributed by atoms with Gasteiger partial charge in [-0.25, -0.2) is 0 Å². The van der Waals surface area contributed by atoms with Crippen LogP contribution >= 0.6 is 0 Å². The van der Waals surface area contributed by atoms with Gasteiger partial charge in [0, 0.05) is 13.7 Å². The van der Waals surface area contributed by atoms with Crippen LogP contribution in [-0.4, -0.2) is 43.3 Å². The lowest BCUT2D eigenvalue weighted by atomic mass is 10.0. The number of carboxylic acids is 1. The van der Waals surface area contributed by atoms with Gasteiger partial charge in [0.2, 0.25) is 0 Å². The lowest BCUT2D eigenvalue weighted by Crippen LogP contribution is -2.33. The van der Waals surface area contributed by atoms with Gasteiger partial charge >= 0.3 is 5.97 Å². The van der Waals surface area contributed by atoms with E-state index in [1.807, 2.05) is 24.3 Å². The highest BCUT2D eigenvalue weighted by atomic mass is 16.5. The molecule has 1 rings (SSSR count). The molecule has 4 heteroatoms. The summed E-state index contributed by atoms with van der Waals surface area (Å²) < 4.78 is 4.99. The van der Waals surface area contributed by atoms with Gasteiger partial charge in [0.05, 0.1) is 6.61 Å². The van der Waals surface area contributed by atoms with Crippen LogP contribution < -0.4 is 0 Å². The molecule has 1 N–H and O–H groups in total. The van der Waals surface area contributed by atoms with Gasteiger partial charge < -0.3 is 9.84 Å². The van der Waals surface area contributed by atoms with Crippen molar-refractivity contribution >= 4 is 5.97 Å². The summed E-state index contributed by atoms with van der Waals surface area (Å²) in [6, 6.07) is 7.13. The van der Waals surface area contributed by atoms with E-state index in [4.69, 9.17) is 4.74 Å². The molecule has 0 heterocycles. The summed E-state index contributed by atoms with van der Waals surface area (Å²) in [5.41, 5.74) is 1.97. The zero-order valence-electron chi connectivity index (χ0n) is 11.2. The van der Waals surface area contributed by atoms with Crippen molar-refractivity contribution in [2.24, 2.45) is 0 Å². The summed E-state index contributed by atoms with van der Waals surface area (Å²) in [6.07, 6.45) is 0.905. The second-order valence-electron chi connectivity index (χ2n) is 4.31. The highest BCUT2D eigenvalue weighted by Crippen LogP contribution is 2.21. The smallest absolute Gasteiger partial charge is 0.325 e. The lowest BCUT2D eigenvalue weighted by molar-refractivity contribution is -0.143. The van der Waals surface area contributed by atoms with Gasteiger partial charge in [-0.2, -0.15) is 0 Å². The number of rotatable bonds is 7. The molecule has 1 atom stereocenters. The van der Waals surface area contributed by atoms with Gasteiger partial charge in [-0.05, 0) is 24.6 Å². The molecule has 18 heavy (non-hydrogen) atoms. The van der Waals surface area contributed by atoms with Crippen molar-refractivity contribution in [2.45, 2.75) is 19.4 Å². The van der Waals surface area contributed by atoms with Crippen molar-refractivity contribution in [1.29, 1.82) is 0 Å². The molecule has 100 valence electrons. The molecule has 0 aromatic heterocycles. The molecule has 0 spiro atoms. The maximum absolute atomic E-state index is 11.4. The van der Waals surface area contributed by atoms with Gasteiger partial charge in [-0.3, -0.25) is 9.69 Å². The van der Waals surface area contributed by atoms with E-state index < -0.39 is 12.0 Å². The Morgan fingerprint density at radius 1 is 1.50 bits per heavy atom. The summed E-state index contributed by atoms with van der Waals surface area (Å²) >= 11 is 0. The number of likely N-dealkylation sites (N-methyl/N-ethyl adjacent to an activating group) is 1. The minimum atomic E-state index is -0.832. The van der Waals surface area contributed by atoms with Crippen LogP contribution in [0.2, 0.25) is 0 Å². The normalized spacial score (nSPS) is 12.7. The van der Waals surface area contributed by atoms with Crippen molar-refractivity contribution < 1.29 is 14.6 Å². The fourth-order valence-corrected chi connectivity index (χ4v) is 1.93. The Balaban J connectivity index is 2.92. The third-order valence-electron chi connectivity index (χ3n) is 3.00. The van der Waals surface area contributed by atoms with Crippen LogP contribution in [0.25, 0.3) is 0 Å². The van der Waals surface area contributed by atoms with E-state index in [9.17, 15) is 9.90 Å². The molecular weight excluding hydrogens is 230 g/mol. The quantitative estimate of drug-likeness (QED) is 0.804. The molecule has 0 unspecified atom stereocenters. The van der Waals surface area contributed by atoms with E-state index in [0.717, 1.165) is 17.5 Å². The fraction of sp³-hybridized carbons (Fsp3) is 0.500. The Labute approximate surface area is 108 Å². The molecule has 0 radical (unpaired) electrons. The first kappa shape index (κ1) is 14.7. The Morgan fingerprint density at radius 2 is 2.22 bits per heavy atom. The minimum Gasteiger partial charge on any atom is -0.480 e. The van der Waals surface area contributed by atoms with E-state index in [1.165, 1.54) is 0 Å². The molecule has 0 aliphatic carbocycles. The van der Waals surface area contributed by atoms with Crippen LogP contribution in [0.4, 0.5) is 0 Å². The molecule has 0 fully saturated rings. The summed E-state index contributed by atoms with van der Waals surface area (Å²) in [7, 11) is 3.41. The van der Waals surface area contributed by atoms with E-state index >= 15 is 0 Å². The third kappa shape index (κ3) is 3.82. The van der Waals surface area contributed by atoms with E-state index in [1.54, 1.807) is 19.1 Å². The van der Waals surface area contributed by atoms with Gasteiger partial charge in [0.15, 0.2) is 0 Å². The summed E-state index contributed by atoms with van der Waals surface area (Å²) in [4.78, 5) is 13.2. The maximum Gasteiger partial charge on any atom is 0.325 e. The summed E-state index contributed by atoms with van der Waals surface area (Å²) in [5, 5.41) is 9.38. The van der Waals surface area contributed by atoms with Crippen LogP contribution in [0.5, 0.6) is 0 Å². The lowest BCUT2D eigenvalue weighted by Gasteiger charge is -2.24. The molecule has 0 saturated heterocycles. The molecule has 0 aliphatic rings. The standard InChI is InChI=1S/C14H21NO3/c1-4-11-6-5-7-12(10-11)13(14(16)17)15(2)8-9-18-3/h5-7,10,13H,4,8-9H2,1-3H3,(H,16,17)/t13-/m0/s1. The minimum absolute atomic E-state index is 0.522. The SMILES string of the molecule is CCc1cccc([C@@H](C(=O)O)N(C)CCOC)c1. The van der Waals surface area contributed by atoms with Gasteiger partial charge in [0.1, 0.15) is 6.04 Å². The first-order chi connectivity index (χ1) is 8.60. The van der Waals surface area contributed by atoms with Gasteiger partial charge in [0.25, 0.3) is 0 Å². The largest absolute Gasteiger partial charge is 0.480 e. The van der Waals surface area contributed by atoms with Crippen molar-refractivity contribution in [3.63, 3.8) is 0 Å². The number of aryl methyl sites for hydroxylation is 1. The molecule has 0 saturated carbocycles. The predicted octanol–water partition coefficient (Wildman–Crippen LogP) is 1.95. The summed E-state index contributed by atoms with van der Waals surface area (Å²) in [5.74, 6) is -0.832. The molecule has 1 aromatic rings. The fourth-order valence-electron chi connectivity index (χ4n) is 1.93. The Bertz CT molecular complexity index is 392. The Kier molecular flexibility index (Phi) is 5.82. The topological polar surface area (TPSA) is 49.8 Å². The summed E-state index contributed by atoms with van der Waals surface area (Å²) in [6.45, 7) is 3.17. The number of aliphatic carboxylic acids is 1. The first-order valence-corrected chi connectivity index (χ1v) is 6.11. The van der Waals surface area contributed by atoms with E-state index in [2.05, 4.69) is 6.92 Å². The van der Waals surface area contributed by atoms with Gasteiger partial charge in [-0.15, -0.1) is 0 Å². The first-order valence-electron chi connectivity index (χ1n) is 6.11. The number of benzene rings is 1. The number of carboxylic acid groups (broad SMARTS) is 1.